The Balaban J connectivity index is 1.59. The summed E-state index contributed by atoms with van der Waals surface area (Å²) >= 11 is 0. The van der Waals surface area contributed by atoms with E-state index in [2.05, 4.69) is 10.2 Å². The zero-order valence-electron chi connectivity index (χ0n) is 17.0. The van der Waals surface area contributed by atoms with E-state index in [0.717, 1.165) is 0 Å². The third-order valence-electron chi connectivity index (χ3n) is 3.26. The molecule has 1 unspecified atom stereocenters. The van der Waals surface area contributed by atoms with Crippen molar-refractivity contribution in [1.29, 1.82) is 0 Å². The van der Waals surface area contributed by atoms with E-state index in [1.807, 2.05) is 0 Å². The Morgan fingerprint density at radius 1 is 1.03 bits per heavy atom. The summed E-state index contributed by atoms with van der Waals surface area (Å²) in [5.41, 5.74) is 0.191. The van der Waals surface area contributed by atoms with Crippen molar-refractivity contribution in [2.24, 2.45) is 0 Å². The van der Waals surface area contributed by atoms with E-state index in [9.17, 15) is 9.00 Å². The van der Waals surface area contributed by atoms with Crippen LogP contribution in [0.4, 0.5) is 0 Å². The number of hydrogen-bond donors (Lipinski definition) is 0. The third-order valence-corrected chi connectivity index (χ3v) is 3.92. The lowest BCUT2D eigenvalue weighted by Crippen LogP contribution is -2.27. The number of rotatable bonds is 11. The number of hydrogen-bond acceptors (Lipinski definition) is 9. The molecule has 9 nitrogen and oxygen atoms in total. The molecule has 0 saturated carbocycles. The van der Waals surface area contributed by atoms with Gasteiger partial charge in [-0.1, -0.05) is 5.10 Å². The topological polar surface area (TPSA) is 110 Å². The third kappa shape index (κ3) is 8.71. The van der Waals surface area contributed by atoms with E-state index in [4.69, 9.17) is 23.4 Å². The molecule has 0 aliphatic heterocycles. The molecule has 0 radical (unpaired) electrons. The minimum absolute atomic E-state index is 0.0903. The van der Waals surface area contributed by atoms with Crippen LogP contribution in [0.3, 0.4) is 0 Å². The van der Waals surface area contributed by atoms with Crippen LogP contribution >= 0.6 is 0 Å². The van der Waals surface area contributed by atoms with Crippen molar-refractivity contribution in [3.63, 3.8) is 0 Å². The van der Waals surface area contributed by atoms with Crippen molar-refractivity contribution in [3.8, 4) is 17.2 Å². The number of benzene rings is 1. The number of carbonyl (C=O) groups is 1. The Morgan fingerprint density at radius 3 is 2.31 bits per heavy atom. The number of carbonyl (C=O) groups excluding carboxylic acids is 1. The first-order valence-electron chi connectivity index (χ1n) is 9.02. The highest BCUT2D eigenvalue weighted by Crippen LogP contribution is 2.22. The lowest BCUT2D eigenvalue weighted by Gasteiger charge is -2.19. The lowest BCUT2D eigenvalue weighted by molar-refractivity contribution is -0.160. The summed E-state index contributed by atoms with van der Waals surface area (Å²) in [6.07, 6.45) is 1.48. The molecule has 0 saturated heterocycles. The van der Waals surface area contributed by atoms with Crippen LogP contribution in [0.1, 0.15) is 20.8 Å². The second kappa shape index (κ2) is 11.0. The maximum absolute atomic E-state index is 11.5. The summed E-state index contributed by atoms with van der Waals surface area (Å²) in [5, 5.41) is 7.69. The maximum atomic E-state index is 11.5. The molecule has 10 heteroatoms. The molecule has 1 heterocycles. The molecule has 29 heavy (non-hydrogen) atoms. The van der Waals surface area contributed by atoms with E-state index in [1.54, 1.807) is 45.0 Å². The van der Waals surface area contributed by atoms with Crippen LogP contribution in [0.25, 0.3) is 11.5 Å². The first kappa shape index (κ1) is 23.0. The second-order valence-corrected chi connectivity index (χ2v) is 8.21. The molecule has 0 aliphatic rings. The smallest absolute Gasteiger partial charge is 0.332 e. The van der Waals surface area contributed by atoms with Gasteiger partial charge in [-0.15, -0.1) is 5.10 Å². The van der Waals surface area contributed by atoms with Crippen molar-refractivity contribution in [1.82, 2.24) is 10.2 Å². The van der Waals surface area contributed by atoms with Crippen LogP contribution < -0.4 is 4.74 Å². The van der Waals surface area contributed by atoms with Gasteiger partial charge in [0.2, 0.25) is 5.89 Å². The van der Waals surface area contributed by atoms with Crippen LogP contribution in [-0.4, -0.2) is 65.3 Å². The predicted molar refractivity (Wildman–Crippen MR) is 105 cm³/mol. The molecule has 1 atom stereocenters. The summed E-state index contributed by atoms with van der Waals surface area (Å²) < 4.78 is 37.9. The van der Waals surface area contributed by atoms with E-state index < -0.39 is 22.4 Å². The molecule has 1 aromatic heterocycles. The average Bonchev–Trinajstić information content (AvgIpc) is 3.13. The second-order valence-electron chi connectivity index (χ2n) is 6.95. The largest absolute Gasteiger partial charge is 0.491 e. The molecule has 2 aromatic rings. The average molecular weight is 426 g/mol. The summed E-state index contributed by atoms with van der Waals surface area (Å²) in [6.45, 7) is 6.71. The van der Waals surface area contributed by atoms with Gasteiger partial charge < -0.3 is 23.4 Å². The van der Waals surface area contributed by atoms with Crippen molar-refractivity contribution in [2.75, 3.05) is 39.3 Å². The fourth-order valence-corrected chi connectivity index (χ4v) is 2.45. The Hall–Kier alpha value is -2.30. The van der Waals surface area contributed by atoms with Gasteiger partial charge in [0.15, 0.2) is 0 Å². The number of nitrogens with zero attached hydrogens (tertiary/aromatic N) is 2. The normalized spacial score (nSPS) is 12.6. The van der Waals surface area contributed by atoms with Crippen molar-refractivity contribution in [2.45, 2.75) is 31.6 Å². The fourth-order valence-electron chi connectivity index (χ4n) is 2.10. The molecule has 0 fully saturated rings. The summed E-state index contributed by atoms with van der Waals surface area (Å²) in [6, 6.07) is 7.09. The Labute approximate surface area is 172 Å². The summed E-state index contributed by atoms with van der Waals surface area (Å²) in [4.78, 5) is 11.5. The van der Waals surface area contributed by atoms with Crippen molar-refractivity contribution >= 4 is 16.8 Å². The van der Waals surface area contributed by atoms with Gasteiger partial charge in [0.1, 0.15) is 35.4 Å². The van der Waals surface area contributed by atoms with Gasteiger partial charge in [0.25, 0.3) is 0 Å². The minimum Gasteiger partial charge on any atom is -0.491 e. The molecule has 0 aliphatic carbocycles. The molecular formula is C19H26N2O7S. The van der Waals surface area contributed by atoms with Crippen LogP contribution in [0.2, 0.25) is 0 Å². The van der Waals surface area contributed by atoms with Gasteiger partial charge in [-0.3, -0.25) is 0 Å². The van der Waals surface area contributed by atoms with E-state index in [1.165, 1.54) is 6.26 Å². The highest BCUT2D eigenvalue weighted by Gasteiger charge is 2.16. The standard InChI is InChI=1S/C19H26N2O7S/c1-19(2,3)28-16(22)13-25-10-9-24-11-12-26-15-7-5-14(6-8-15)17-20-21-18(27-17)29(4)23/h5-8H,9-13H2,1-4H3. The molecule has 0 bridgehead atoms. The Morgan fingerprint density at radius 2 is 1.69 bits per heavy atom. The SMILES string of the molecule is CS(=O)c1nnc(-c2ccc(OCCOCCOCC(=O)OC(C)(C)C)cc2)o1. The first-order valence-corrected chi connectivity index (χ1v) is 10.6. The Kier molecular flexibility index (Phi) is 8.74. The Bertz CT molecular complexity index is 800. The van der Waals surface area contributed by atoms with Gasteiger partial charge >= 0.3 is 11.2 Å². The molecule has 0 N–H and O–H groups in total. The highest BCUT2D eigenvalue weighted by molar-refractivity contribution is 7.84. The van der Waals surface area contributed by atoms with Gasteiger partial charge in [0, 0.05) is 11.8 Å². The van der Waals surface area contributed by atoms with Crippen LogP contribution in [0.15, 0.2) is 33.9 Å². The fraction of sp³-hybridized carbons (Fsp3) is 0.526. The maximum Gasteiger partial charge on any atom is 0.332 e. The zero-order chi connectivity index (χ0) is 21.3. The molecule has 0 spiro atoms. The first-order chi connectivity index (χ1) is 13.7. The number of esters is 1. The van der Waals surface area contributed by atoms with E-state index >= 15 is 0 Å². The molecule has 160 valence electrons. The van der Waals surface area contributed by atoms with Crippen LogP contribution in [0, 0.1) is 0 Å². The molecule has 1 aromatic carbocycles. The summed E-state index contributed by atoms with van der Waals surface area (Å²) in [5.74, 6) is 0.567. The monoisotopic (exact) mass is 426 g/mol. The van der Waals surface area contributed by atoms with E-state index in [0.29, 0.717) is 43.6 Å². The van der Waals surface area contributed by atoms with Gasteiger partial charge in [-0.05, 0) is 45.0 Å². The predicted octanol–water partition coefficient (Wildman–Crippen LogP) is 2.23. The molecule has 0 amide bonds. The lowest BCUT2D eigenvalue weighted by atomic mass is 10.2. The van der Waals surface area contributed by atoms with Gasteiger partial charge in [-0.2, -0.15) is 0 Å². The van der Waals surface area contributed by atoms with Crippen LogP contribution in [0.5, 0.6) is 5.75 Å². The van der Waals surface area contributed by atoms with E-state index in [-0.39, 0.29) is 11.8 Å². The van der Waals surface area contributed by atoms with Crippen molar-refractivity contribution < 1.29 is 32.4 Å². The highest BCUT2D eigenvalue weighted by atomic mass is 32.2. The molecule has 2 rings (SSSR count). The van der Waals surface area contributed by atoms with Gasteiger partial charge in [0.05, 0.1) is 19.8 Å². The quantitative estimate of drug-likeness (QED) is 0.394. The zero-order valence-corrected chi connectivity index (χ0v) is 17.8. The van der Waals surface area contributed by atoms with Crippen LogP contribution in [-0.2, 0) is 29.8 Å². The minimum atomic E-state index is -1.31. The van der Waals surface area contributed by atoms with Crippen molar-refractivity contribution in [3.05, 3.63) is 24.3 Å². The number of ether oxygens (including phenoxy) is 4. The number of aromatic nitrogens is 2. The van der Waals surface area contributed by atoms with Gasteiger partial charge in [-0.25, -0.2) is 9.00 Å². The summed E-state index contributed by atoms with van der Waals surface area (Å²) in [7, 11) is -1.31. The molecular weight excluding hydrogens is 400 g/mol.